The summed E-state index contributed by atoms with van der Waals surface area (Å²) in [5, 5.41) is 10.3. The second-order valence-corrected chi connectivity index (χ2v) is 12.8. The highest BCUT2D eigenvalue weighted by Gasteiger charge is 2.37. The van der Waals surface area contributed by atoms with Crippen LogP contribution in [0.1, 0.15) is 64.7 Å². The molecule has 0 unspecified atom stereocenters. The number of likely N-dealkylation sites (N-methyl/N-ethyl adjacent to an activating group) is 2. The monoisotopic (exact) mass is 556 g/mol. The van der Waals surface area contributed by atoms with Gasteiger partial charge in [-0.1, -0.05) is 65.8 Å². The Kier molecular flexibility index (Phi) is 10.5. The Morgan fingerprint density at radius 1 is 0.850 bits per heavy atom. The fraction of sp³-hybridized carbons (Fsp3) is 0.516. The Hall–Kier alpha value is -3.46. The Balaban J connectivity index is 2.33. The molecule has 8 nitrogen and oxygen atoms in total. The molecule has 2 aromatic carbocycles. The molecule has 0 fully saturated rings. The van der Waals surface area contributed by atoms with Crippen LogP contribution >= 0.6 is 0 Å². The van der Waals surface area contributed by atoms with Crippen LogP contribution in [0.25, 0.3) is 0 Å². The van der Waals surface area contributed by atoms with Gasteiger partial charge in [-0.2, -0.15) is 0 Å². The molecule has 5 N–H and O–H groups in total. The van der Waals surface area contributed by atoms with Gasteiger partial charge in [0.05, 0.1) is 6.04 Å². The summed E-state index contributed by atoms with van der Waals surface area (Å²) in [4.78, 5) is 42.5. The predicted molar refractivity (Wildman–Crippen MR) is 155 cm³/mol. The highest BCUT2D eigenvalue weighted by Crippen LogP contribution is 2.32. The third-order valence-electron chi connectivity index (χ3n) is 7.03. The van der Waals surface area contributed by atoms with Gasteiger partial charge in [0.15, 0.2) is 0 Å². The molecular weight excluding hydrogens is 511 g/mol. The summed E-state index contributed by atoms with van der Waals surface area (Å²) in [5.74, 6) is -1.79. The first kappa shape index (κ1) is 32.8. The van der Waals surface area contributed by atoms with Crippen molar-refractivity contribution in [1.82, 2.24) is 9.80 Å². The number of primary amides is 1. The van der Waals surface area contributed by atoms with Crippen LogP contribution in [-0.2, 0) is 32.6 Å². The van der Waals surface area contributed by atoms with Gasteiger partial charge in [-0.3, -0.25) is 14.4 Å². The number of carbonyl (C=O) groups is 3. The largest absolute Gasteiger partial charge is 0.508 e. The molecule has 0 radical (unpaired) electrons. The highest BCUT2D eigenvalue weighted by molar-refractivity contribution is 5.92. The van der Waals surface area contributed by atoms with Crippen LogP contribution in [0.3, 0.4) is 0 Å². The molecule has 40 heavy (non-hydrogen) atoms. The SMILES string of the molecule is CN(C(=O)[C@@H](N)Cc1ccc(F)cc1)[C@@H](CC(C)(C)C)C(=O)N(C)[C@@H](Cc1ccc(O)c(C(C)(C)C)c1)C(N)=O. The number of phenolic OH excluding ortho intramolecular Hbond substituents is 1. The lowest BCUT2D eigenvalue weighted by atomic mass is 9.84. The standard InChI is InChI=1S/C31H45FN4O4/c1-30(2,3)18-25(36(8)28(39)23(33)16-19-9-12-21(32)13-10-19)29(40)35(7)24(27(34)38)17-20-11-14-26(37)22(15-20)31(4,5)6/h9-15,23-25,37H,16-18,33H2,1-8H3,(H2,34,38)/t23-,24-,25-/m0/s1. The van der Waals surface area contributed by atoms with Gasteiger partial charge < -0.3 is 26.4 Å². The number of nitrogens with zero attached hydrogens (tertiary/aromatic N) is 2. The minimum atomic E-state index is -0.983. The van der Waals surface area contributed by atoms with E-state index in [4.69, 9.17) is 11.5 Å². The van der Waals surface area contributed by atoms with Crippen LogP contribution in [-0.4, -0.2) is 64.8 Å². The van der Waals surface area contributed by atoms with Gasteiger partial charge in [0.2, 0.25) is 17.7 Å². The van der Waals surface area contributed by atoms with Crippen molar-refractivity contribution in [2.75, 3.05) is 14.1 Å². The number of aromatic hydroxyl groups is 1. The quantitative estimate of drug-likeness (QED) is 0.412. The zero-order valence-corrected chi connectivity index (χ0v) is 25.0. The molecule has 0 aliphatic heterocycles. The van der Waals surface area contributed by atoms with Crippen LogP contribution < -0.4 is 11.5 Å². The summed E-state index contributed by atoms with van der Waals surface area (Å²) in [5.41, 5.74) is 13.5. The number of hydrogen-bond donors (Lipinski definition) is 3. The van der Waals surface area contributed by atoms with Crippen molar-refractivity contribution >= 4 is 17.7 Å². The topological polar surface area (TPSA) is 130 Å². The smallest absolute Gasteiger partial charge is 0.245 e. The summed E-state index contributed by atoms with van der Waals surface area (Å²) in [6, 6.07) is 8.02. The van der Waals surface area contributed by atoms with Crippen molar-refractivity contribution < 1.29 is 23.9 Å². The van der Waals surface area contributed by atoms with Crippen molar-refractivity contribution in [3.8, 4) is 5.75 Å². The van der Waals surface area contributed by atoms with Crippen molar-refractivity contribution in [3.05, 3.63) is 65.0 Å². The number of hydrogen-bond acceptors (Lipinski definition) is 5. The van der Waals surface area contributed by atoms with E-state index in [9.17, 15) is 23.9 Å². The number of carbonyl (C=O) groups excluding carboxylic acids is 3. The van der Waals surface area contributed by atoms with Gasteiger partial charge in [-0.25, -0.2) is 4.39 Å². The van der Waals surface area contributed by atoms with Crippen LogP contribution in [0.15, 0.2) is 42.5 Å². The molecule has 3 amide bonds. The predicted octanol–water partition coefficient (Wildman–Crippen LogP) is 3.52. The summed E-state index contributed by atoms with van der Waals surface area (Å²) in [6.07, 6.45) is 0.641. The van der Waals surface area contributed by atoms with Gasteiger partial charge in [0, 0.05) is 20.5 Å². The third-order valence-corrected chi connectivity index (χ3v) is 7.03. The molecule has 0 aliphatic rings. The normalized spacial score (nSPS) is 14.2. The number of phenols is 1. The molecule has 0 spiro atoms. The lowest BCUT2D eigenvalue weighted by molar-refractivity contribution is -0.148. The number of benzene rings is 2. The highest BCUT2D eigenvalue weighted by atomic mass is 19.1. The van der Waals surface area contributed by atoms with Crippen molar-refractivity contribution in [2.45, 2.75) is 84.3 Å². The van der Waals surface area contributed by atoms with Gasteiger partial charge >= 0.3 is 0 Å². The van der Waals surface area contributed by atoms with Crippen LogP contribution in [0.5, 0.6) is 5.75 Å². The summed E-state index contributed by atoms with van der Waals surface area (Å²) in [6.45, 7) is 11.8. The average molecular weight is 557 g/mol. The van der Waals surface area contributed by atoms with Gasteiger partial charge in [0.1, 0.15) is 23.7 Å². The summed E-state index contributed by atoms with van der Waals surface area (Å²) in [7, 11) is 3.04. The van der Waals surface area contributed by atoms with Crippen molar-refractivity contribution in [1.29, 1.82) is 0 Å². The Labute approximate surface area is 237 Å². The fourth-order valence-electron chi connectivity index (χ4n) is 4.70. The summed E-state index contributed by atoms with van der Waals surface area (Å²) < 4.78 is 13.3. The van der Waals surface area contributed by atoms with Gasteiger partial charge in [-0.15, -0.1) is 0 Å². The van der Waals surface area contributed by atoms with Crippen LogP contribution in [0.2, 0.25) is 0 Å². The zero-order chi connectivity index (χ0) is 30.6. The molecule has 0 bridgehead atoms. The first-order valence-electron chi connectivity index (χ1n) is 13.5. The van der Waals surface area contributed by atoms with Gasteiger partial charge in [0.25, 0.3) is 0 Å². The Morgan fingerprint density at radius 2 is 1.38 bits per heavy atom. The van der Waals surface area contributed by atoms with E-state index in [2.05, 4.69) is 0 Å². The lowest BCUT2D eigenvalue weighted by Crippen LogP contribution is -2.57. The lowest BCUT2D eigenvalue weighted by Gasteiger charge is -2.37. The van der Waals surface area contributed by atoms with E-state index < -0.39 is 35.8 Å². The Morgan fingerprint density at radius 3 is 1.88 bits per heavy atom. The average Bonchev–Trinajstić information content (AvgIpc) is 2.84. The molecule has 220 valence electrons. The molecule has 0 heterocycles. The van der Waals surface area contributed by atoms with E-state index in [1.54, 1.807) is 24.3 Å². The molecule has 0 aliphatic carbocycles. The van der Waals surface area contributed by atoms with E-state index in [0.29, 0.717) is 17.5 Å². The maximum absolute atomic E-state index is 13.9. The summed E-state index contributed by atoms with van der Waals surface area (Å²) >= 11 is 0. The molecule has 9 heteroatoms. The Bertz CT molecular complexity index is 1200. The van der Waals surface area contributed by atoms with Crippen LogP contribution in [0.4, 0.5) is 4.39 Å². The number of halogens is 1. The van der Waals surface area contributed by atoms with E-state index in [1.807, 2.05) is 47.6 Å². The van der Waals surface area contributed by atoms with Crippen molar-refractivity contribution in [2.24, 2.45) is 16.9 Å². The fourth-order valence-corrected chi connectivity index (χ4v) is 4.70. The van der Waals surface area contributed by atoms with E-state index >= 15 is 0 Å². The zero-order valence-electron chi connectivity index (χ0n) is 25.0. The maximum Gasteiger partial charge on any atom is 0.245 e. The van der Waals surface area contributed by atoms with E-state index in [-0.39, 0.29) is 35.2 Å². The molecule has 0 saturated carbocycles. The number of nitrogens with two attached hydrogens (primary N) is 2. The molecule has 3 atom stereocenters. The number of amides is 3. The second kappa shape index (κ2) is 12.8. The van der Waals surface area contributed by atoms with E-state index in [0.717, 1.165) is 5.56 Å². The number of rotatable bonds is 10. The minimum absolute atomic E-state index is 0.144. The maximum atomic E-state index is 13.9. The molecular formula is C31H45FN4O4. The van der Waals surface area contributed by atoms with Crippen molar-refractivity contribution in [3.63, 3.8) is 0 Å². The van der Waals surface area contributed by atoms with E-state index in [1.165, 1.54) is 36.0 Å². The molecule has 0 aromatic heterocycles. The molecule has 0 saturated heterocycles. The second-order valence-electron chi connectivity index (χ2n) is 12.8. The first-order valence-corrected chi connectivity index (χ1v) is 13.5. The first-order chi connectivity index (χ1) is 18.3. The third kappa shape index (κ3) is 8.78. The molecule has 2 aromatic rings. The minimum Gasteiger partial charge on any atom is -0.508 e. The van der Waals surface area contributed by atoms with Crippen LogP contribution in [0, 0.1) is 11.2 Å². The molecule has 2 rings (SSSR count). The van der Waals surface area contributed by atoms with Gasteiger partial charge in [-0.05, 0) is 58.6 Å².